The Kier molecular flexibility index (Phi) is 5.95. The highest BCUT2D eigenvalue weighted by atomic mass is 79.9. The number of hydrogen-bond acceptors (Lipinski definition) is 4. The van der Waals surface area contributed by atoms with E-state index < -0.39 is 19.2 Å². The summed E-state index contributed by atoms with van der Waals surface area (Å²) in [5, 5.41) is 0. The van der Waals surface area contributed by atoms with Crippen LogP contribution in [0.15, 0.2) is 22.7 Å². The Hall–Kier alpha value is -0.260. The van der Waals surface area contributed by atoms with Crippen molar-refractivity contribution < 1.29 is 18.0 Å². The van der Waals surface area contributed by atoms with Crippen molar-refractivity contribution in [3.63, 3.8) is 0 Å². The van der Waals surface area contributed by atoms with Gasteiger partial charge in [0.2, 0.25) is 0 Å². The van der Waals surface area contributed by atoms with Gasteiger partial charge in [0.1, 0.15) is 11.6 Å². The number of benzene rings is 1. The molecule has 2 N–H and O–H groups in total. The standard InChI is InChI=1S/C11H16BrFNO3P/c1-3-16-18(15,17-4-2)11(14)8-6-5-7-9(13)10(8)12/h5-7,11H,3-4,14H2,1-2H3/t11-/m1/s1. The quantitative estimate of drug-likeness (QED) is 0.800. The minimum atomic E-state index is -3.50. The van der Waals surface area contributed by atoms with Crippen LogP contribution in [0, 0.1) is 5.82 Å². The Morgan fingerprint density at radius 2 is 1.94 bits per heavy atom. The molecule has 0 heterocycles. The molecule has 0 unspecified atom stereocenters. The van der Waals surface area contributed by atoms with E-state index in [9.17, 15) is 8.96 Å². The Morgan fingerprint density at radius 3 is 2.44 bits per heavy atom. The van der Waals surface area contributed by atoms with Gasteiger partial charge in [0, 0.05) is 0 Å². The number of hydrogen-bond donors (Lipinski definition) is 1. The molecule has 1 rings (SSSR count). The van der Waals surface area contributed by atoms with E-state index in [0.717, 1.165) is 0 Å². The third kappa shape index (κ3) is 3.39. The third-order valence-corrected chi connectivity index (χ3v) is 5.29. The van der Waals surface area contributed by atoms with Gasteiger partial charge < -0.3 is 14.8 Å². The zero-order valence-electron chi connectivity index (χ0n) is 10.2. The molecular formula is C11H16BrFNO3P. The van der Waals surface area contributed by atoms with Gasteiger partial charge in [0.05, 0.1) is 17.7 Å². The Labute approximate surface area is 114 Å². The summed E-state index contributed by atoms with van der Waals surface area (Å²) in [6, 6.07) is 4.37. The van der Waals surface area contributed by atoms with Crippen molar-refractivity contribution in [2.75, 3.05) is 13.2 Å². The fraction of sp³-hybridized carbons (Fsp3) is 0.455. The highest BCUT2D eigenvalue weighted by Crippen LogP contribution is 2.59. The van der Waals surface area contributed by atoms with Crippen molar-refractivity contribution in [1.82, 2.24) is 0 Å². The Bertz CT molecular complexity index is 448. The molecular weight excluding hydrogens is 324 g/mol. The second-order valence-corrected chi connectivity index (χ2v) is 6.41. The predicted octanol–water partition coefficient (Wildman–Crippen LogP) is 3.81. The lowest BCUT2D eigenvalue weighted by molar-refractivity contribution is 0.212. The summed E-state index contributed by atoms with van der Waals surface area (Å²) in [5.74, 6) is -1.50. The molecule has 0 saturated heterocycles. The molecule has 7 heteroatoms. The molecule has 1 aromatic rings. The van der Waals surface area contributed by atoms with Gasteiger partial charge in [0.15, 0.2) is 0 Å². The van der Waals surface area contributed by atoms with Crippen molar-refractivity contribution in [1.29, 1.82) is 0 Å². The van der Waals surface area contributed by atoms with E-state index in [1.54, 1.807) is 19.9 Å². The maximum Gasteiger partial charge on any atom is 0.351 e. The van der Waals surface area contributed by atoms with Crippen LogP contribution in [0.4, 0.5) is 4.39 Å². The summed E-state index contributed by atoms with van der Waals surface area (Å²) in [4.78, 5) is 0. The molecule has 0 aliphatic heterocycles. The van der Waals surface area contributed by atoms with Crippen molar-refractivity contribution in [3.8, 4) is 0 Å². The highest BCUT2D eigenvalue weighted by molar-refractivity contribution is 9.10. The Balaban J connectivity index is 3.13. The first kappa shape index (κ1) is 15.8. The predicted molar refractivity (Wildman–Crippen MR) is 71.9 cm³/mol. The largest absolute Gasteiger partial charge is 0.351 e. The molecule has 0 aliphatic rings. The van der Waals surface area contributed by atoms with Gasteiger partial charge in [-0.1, -0.05) is 12.1 Å². The third-order valence-electron chi connectivity index (χ3n) is 2.26. The molecule has 1 aromatic carbocycles. The van der Waals surface area contributed by atoms with Gasteiger partial charge in [-0.05, 0) is 41.4 Å². The molecule has 102 valence electrons. The van der Waals surface area contributed by atoms with Crippen LogP contribution in [0.25, 0.3) is 0 Å². The molecule has 0 amide bonds. The molecule has 0 aromatic heterocycles. The summed E-state index contributed by atoms with van der Waals surface area (Å²) in [7, 11) is -3.50. The summed E-state index contributed by atoms with van der Waals surface area (Å²) in [5.41, 5.74) is 6.27. The monoisotopic (exact) mass is 339 g/mol. The second-order valence-electron chi connectivity index (χ2n) is 3.46. The average Bonchev–Trinajstić information content (AvgIpc) is 2.32. The van der Waals surface area contributed by atoms with Gasteiger partial charge in [0.25, 0.3) is 0 Å². The molecule has 18 heavy (non-hydrogen) atoms. The molecule has 0 aliphatic carbocycles. The molecule has 0 radical (unpaired) electrons. The van der Waals surface area contributed by atoms with Gasteiger partial charge in [-0.3, -0.25) is 4.57 Å². The van der Waals surface area contributed by atoms with Crippen LogP contribution < -0.4 is 5.73 Å². The van der Waals surface area contributed by atoms with Crippen molar-refractivity contribution in [2.45, 2.75) is 19.6 Å². The summed E-state index contributed by atoms with van der Waals surface area (Å²) < 4.78 is 36.4. The van der Waals surface area contributed by atoms with E-state index in [0.29, 0.717) is 5.56 Å². The van der Waals surface area contributed by atoms with Crippen LogP contribution in [0.1, 0.15) is 25.2 Å². The van der Waals surface area contributed by atoms with Crippen molar-refractivity contribution in [2.24, 2.45) is 5.73 Å². The van der Waals surface area contributed by atoms with Crippen LogP contribution >= 0.6 is 23.5 Å². The average molecular weight is 340 g/mol. The molecule has 0 saturated carbocycles. The van der Waals surface area contributed by atoms with E-state index in [1.807, 2.05) is 0 Å². The fourth-order valence-electron chi connectivity index (χ4n) is 1.48. The van der Waals surface area contributed by atoms with E-state index in [1.165, 1.54) is 12.1 Å². The zero-order chi connectivity index (χ0) is 13.8. The summed E-state index contributed by atoms with van der Waals surface area (Å²) in [6.07, 6.45) is 0. The fourth-order valence-corrected chi connectivity index (χ4v) is 3.84. The van der Waals surface area contributed by atoms with Gasteiger partial charge in [-0.15, -0.1) is 0 Å². The topological polar surface area (TPSA) is 61.5 Å². The minimum Gasteiger partial charge on any atom is -0.314 e. The van der Waals surface area contributed by atoms with Crippen LogP contribution in [0.3, 0.4) is 0 Å². The second kappa shape index (κ2) is 6.78. The summed E-state index contributed by atoms with van der Waals surface area (Å²) in [6.45, 7) is 3.80. The lowest BCUT2D eigenvalue weighted by Gasteiger charge is -2.24. The van der Waals surface area contributed by atoms with Gasteiger partial charge in [-0.2, -0.15) is 0 Å². The lowest BCUT2D eigenvalue weighted by atomic mass is 10.2. The minimum absolute atomic E-state index is 0.178. The molecule has 0 fully saturated rings. The first-order chi connectivity index (χ1) is 8.46. The van der Waals surface area contributed by atoms with Crippen LogP contribution in [0.2, 0.25) is 0 Å². The van der Waals surface area contributed by atoms with Crippen molar-refractivity contribution in [3.05, 3.63) is 34.1 Å². The SMILES string of the molecule is CCOP(=O)(OCC)[C@@H](N)c1cccc(F)c1Br. The van der Waals surface area contributed by atoms with Gasteiger partial charge >= 0.3 is 7.60 Å². The van der Waals surface area contributed by atoms with E-state index >= 15 is 0 Å². The number of nitrogens with two attached hydrogens (primary N) is 1. The Morgan fingerprint density at radius 1 is 1.39 bits per heavy atom. The molecule has 4 nitrogen and oxygen atoms in total. The zero-order valence-corrected chi connectivity index (χ0v) is 12.7. The first-order valence-electron chi connectivity index (χ1n) is 5.54. The maximum atomic E-state index is 13.4. The lowest BCUT2D eigenvalue weighted by Crippen LogP contribution is -2.16. The van der Waals surface area contributed by atoms with Gasteiger partial charge in [-0.25, -0.2) is 4.39 Å². The van der Waals surface area contributed by atoms with Crippen LogP contribution in [0.5, 0.6) is 0 Å². The smallest absolute Gasteiger partial charge is 0.314 e. The molecule has 0 spiro atoms. The maximum absolute atomic E-state index is 13.4. The molecule has 0 bridgehead atoms. The number of rotatable bonds is 6. The first-order valence-corrected chi connectivity index (χ1v) is 7.95. The van der Waals surface area contributed by atoms with Crippen molar-refractivity contribution >= 4 is 23.5 Å². The van der Waals surface area contributed by atoms with Crippen LogP contribution in [-0.2, 0) is 13.6 Å². The van der Waals surface area contributed by atoms with Crippen LogP contribution in [-0.4, -0.2) is 13.2 Å². The van der Waals surface area contributed by atoms with E-state index in [-0.39, 0.29) is 17.7 Å². The van der Waals surface area contributed by atoms with E-state index in [2.05, 4.69) is 15.9 Å². The highest BCUT2D eigenvalue weighted by Gasteiger charge is 2.35. The molecule has 1 atom stereocenters. The normalized spacial score (nSPS) is 13.6. The number of halogens is 2. The summed E-state index contributed by atoms with van der Waals surface area (Å²) >= 11 is 3.09. The van der Waals surface area contributed by atoms with E-state index in [4.69, 9.17) is 14.8 Å².